The predicted octanol–water partition coefficient (Wildman–Crippen LogP) is 3.97. The van der Waals surface area contributed by atoms with Gasteiger partial charge in [-0.05, 0) is 40.2 Å². The SMILES string of the molecule is COc1ccc(-c2ccc(F)cc2C(=O)O)c(OC)c1Br. The van der Waals surface area contributed by atoms with Crippen LogP contribution in [0.1, 0.15) is 10.4 Å². The van der Waals surface area contributed by atoms with E-state index in [1.54, 1.807) is 12.1 Å². The van der Waals surface area contributed by atoms with Crippen LogP contribution in [0.15, 0.2) is 34.8 Å². The zero-order chi connectivity index (χ0) is 15.6. The lowest BCUT2D eigenvalue weighted by atomic mass is 9.98. The third kappa shape index (κ3) is 2.85. The molecule has 4 nitrogen and oxygen atoms in total. The molecule has 0 bridgehead atoms. The summed E-state index contributed by atoms with van der Waals surface area (Å²) in [5.41, 5.74) is 0.761. The molecule has 1 N–H and O–H groups in total. The van der Waals surface area contributed by atoms with Gasteiger partial charge in [-0.25, -0.2) is 9.18 Å². The van der Waals surface area contributed by atoms with Gasteiger partial charge in [-0.2, -0.15) is 0 Å². The van der Waals surface area contributed by atoms with Crippen molar-refractivity contribution in [1.82, 2.24) is 0 Å². The molecule has 2 rings (SSSR count). The normalized spacial score (nSPS) is 10.3. The molecule has 0 heterocycles. The number of benzene rings is 2. The fourth-order valence-corrected chi connectivity index (χ4v) is 2.71. The number of hydrogen-bond donors (Lipinski definition) is 1. The molecule has 0 saturated heterocycles. The van der Waals surface area contributed by atoms with E-state index >= 15 is 0 Å². The molecule has 0 aromatic heterocycles. The molecule has 0 fully saturated rings. The molecule has 2 aromatic carbocycles. The van der Waals surface area contributed by atoms with Crippen LogP contribution in [0.5, 0.6) is 11.5 Å². The standard InChI is InChI=1S/C15H12BrFO4/c1-20-12-6-5-10(14(21-2)13(12)16)9-4-3-8(17)7-11(9)15(18)19/h3-7H,1-2H3,(H,18,19). The minimum absolute atomic E-state index is 0.134. The van der Waals surface area contributed by atoms with Gasteiger partial charge in [0.25, 0.3) is 0 Å². The molecular weight excluding hydrogens is 343 g/mol. The van der Waals surface area contributed by atoms with E-state index in [1.165, 1.54) is 26.4 Å². The van der Waals surface area contributed by atoms with Crippen molar-refractivity contribution in [1.29, 1.82) is 0 Å². The number of carbonyl (C=O) groups is 1. The monoisotopic (exact) mass is 354 g/mol. The quantitative estimate of drug-likeness (QED) is 0.902. The zero-order valence-electron chi connectivity index (χ0n) is 11.3. The van der Waals surface area contributed by atoms with Crippen LogP contribution in [0.3, 0.4) is 0 Å². The Kier molecular flexibility index (Phi) is 4.47. The fourth-order valence-electron chi connectivity index (χ4n) is 2.04. The van der Waals surface area contributed by atoms with E-state index in [4.69, 9.17) is 9.47 Å². The van der Waals surface area contributed by atoms with Crippen molar-refractivity contribution in [2.45, 2.75) is 0 Å². The first kappa shape index (κ1) is 15.3. The van der Waals surface area contributed by atoms with Crippen LogP contribution in [0.4, 0.5) is 4.39 Å². The van der Waals surface area contributed by atoms with E-state index in [-0.39, 0.29) is 5.56 Å². The van der Waals surface area contributed by atoms with E-state index in [0.29, 0.717) is 27.1 Å². The number of hydrogen-bond acceptors (Lipinski definition) is 3. The van der Waals surface area contributed by atoms with Crippen molar-refractivity contribution in [3.63, 3.8) is 0 Å². The van der Waals surface area contributed by atoms with E-state index < -0.39 is 11.8 Å². The molecule has 0 aliphatic rings. The maximum Gasteiger partial charge on any atom is 0.336 e. The molecule has 0 aliphatic heterocycles. The Labute approximate surface area is 129 Å². The minimum Gasteiger partial charge on any atom is -0.495 e. The molecule has 0 aliphatic carbocycles. The van der Waals surface area contributed by atoms with Crippen LogP contribution in [0, 0.1) is 5.82 Å². The second-order valence-electron chi connectivity index (χ2n) is 4.16. The van der Waals surface area contributed by atoms with Gasteiger partial charge in [0.05, 0.1) is 19.8 Å². The molecular formula is C15H12BrFO4. The number of aromatic carboxylic acids is 1. The lowest BCUT2D eigenvalue weighted by Crippen LogP contribution is -2.02. The smallest absolute Gasteiger partial charge is 0.336 e. The van der Waals surface area contributed by atoms with Crippen molar-refractivity contribution in [2.75, 3.05) is 14.2 Å². The molecule has 0 spiro atoms. The second-order valence-corrected chi connectivity index (χ2v) is 4.95. The van der Waals surface area contributed by atoms with Crippen molar-refractivity contribution >= 4 is 21.9 Å². The zero-order valence-corrected chi connectivity index (χ0v) is 12.9. The Morgan fingerprint density at radius 1 is 1.14 bits per heavy atom. The molecule has 21 heavy (non-hydrogen) atoms. The van der Waals surface area contributed by atoms with Gasteiger partial charge in [-0.1, -0.05) is 6.07 Å². The molecule has 0 unspecified atom stereocenters. The summed E-state index contributed by atoms with van der Waals surface area (Å²) in [5.74, 6) is -0.848. The van der Waals surface area contributed by atoms with Gasteiger partial charge in [0.1, 0.15) is 21.8 Å². The van der Waals surface area contributed by atoms with Crippen molar-refractivity contribution in [2.24, 2.45) is 0 Å². The molecule has 6 heteroatoms. The third-order valence-electron chi connectivity index (χ3n) is 2.99. The number of carboxylic acid groups (broad SMARTS) is 1. The Bertz CT molecular complexity index is 700. The van der Waals surface area contributed by atoms with Crippen molar-refractivity contribution in [3.05, 3.63) is 46.2 Å². The maximum absolute atomic E-state index is 13.3. The van der Waals surface area contributed by atoms with Gasteiger partial charge in [-0.3, -0.25) is 0 Å². The molecule has 0 saturated carbocycles. The highest BCUT2D eigenvalue weighted by Gasteiger charge is 2.19. The average Bonchev–Trinajstić information content (AvgIpc) is 2.46. The second kappa shape index (κ2) is 6.13. The number of ether oxygens (including phenoxy) is 2. The Morgan fingerprint density at radius 3 is 2.38 bits per heavy atom. The average molecular weight is 355 g/mol. The number of halogens is 2. The summed E-state index contributed by atoms with van der Waals surface area (Å²) >= 11 is 3.35. The summed E-state index contributed by atoms with van der Waals surface area (Å²) in [7, 11) is 2.98. The minimum atomic E-state index is -1.21. The summed E-state index contributed by atoms with van der Waals surface area (Å²) in [5, 5.41) is 9.24. The largest absolute Gasteiger partial charge is 0.495 e. The summed E-state index contributed by atoms with van der Waals surface area (Å²) in [6.45, 7) is 0. The summed E-state index contributed by atoms with van der Waals surface area (Å²) in [6, 6.07) is 6.95. The maximum atomic E-state index is 13.3. The number of rotatable bonds is 4. The Morgan fingerprint density at radius 2 is 1.81 bits per heavy atom. The molecule has 2 aromatic rings. The van der Waals surface area contributed by atoms with Crippen LogP contribution in [0.2, 0.25) is 0 Å². The summed E-state index contributed by atoms with van der Waals surface area (Å²) < 4.78 is 24.3. The first-order valence-corrected chi connectivity index (χ1v) is 6.72. The third-order valence-corrected chi connectivity index (χ3v) is 3.74. The van der Waals surface area contributed by atoms with Gasteiger partial charge in [0.15, 0.2) is 0 Å². The summed E-state index contributed by atoms with van der Waals surface area (Å²) in [6.07, 6.45) is 0. The molecule has 0 amide bonds. The predicted molar refractivity (Wildman–Crippen MR) is 79.6 cm³/mol. The van der Waals surface area contributed by atoms with Gasteiger partial charge < -0.3 is 14.6 Å². The van der Waals surface area contributed by atoms with E-state index in [1.807, 2.05) is 0 Å². The Balaban J connectivity index is 2.73. The highest BCUT2D eigenvalue weighted by Crippen LogP contribution is 2.42. The number of carboxylic acids is 1. The molecule has 0 atom stereocenters. The van der Waals surface area contributed by atoms with Crippen LogP contribution in [-0.2, 0) is 0 Å². The summed E-state index contributed by atoms with van der Waals surface area (Å²) in [4.78, 5) is 11.3. The lowest BCUT2D eigenvalue weighted by molar-refractivity contribution is 0.0697. The van der Waals surface area contributed by atoms with Crippen LogP contribution < -0.4 is 9.47 Å². The van der Waals surface area contributed by atoms with Gasteiger partial charge in [0, 0.05) is 11.1 Å². The van der Waals surface area contributed by atoms with Crippen LogP contribution in [-0.4, -0.2) is 25.3 Å². The van der Waals surface area contributed by atoms with Gasteiger partial charge in [-0.15, -0.1) is 0 Å². The highest BCUT2D eigenvalue weighted by atomic mass is 79.9. The van der Waals surface area contributed by atoms with Crippen LogP contribution in [0.25, 0.3) is 11.1 Å². The molecule has 110 valence electrons. The van der Waals surface area contributed by atoms with E-state index in [2.05, 4.69) is 15.9 Å². The lowest BCUT2D eigenvalue weighted by Gasteiger charge is -2.15. The van der Waals surface area contributed by atoms with Crippen molar-refractivity contribution in [3.8, 4) is 22.6 Å². The van der Waals surface area contributed by atoms with Gasteiger partial charge >= 0.3 is 5.97 Å². The van der Waals surface area contributed by atoms with Gasteiger partial charge in [0.2, 0.25) is 0 Å². The number of methoxy groups -OCH3 is 2. The first-order chi connectivity index (χ1) is 9.99. The van der Waals surface area contributed by atoms with Crippen molar-refractivity contribution < 1.29 is 23.8 Å². The fraction of sp³-hybridized carbons (Fsp3) is 0.133. The van der Waals surface area contributed by atoms with E-state index in [0.717, 1.165) is 6.07 Å². The Hall–Kier alpha value is -2.08. The van der Waals surface area contributed by atoms with E-state index in [9.17, 15) is 14.3 Å². The first-order valence-electron chi connectivity index (χ1n) is 5.93. The topological polar surface area (TPSA) is 55.8 Å². The van der Waals surface area contributed by atoms with Crippen LogP contribution >= 0.6 is 15.9 Å². The highest BCUT2D eigenvalue weighted by molar-refractivity contribution is 9.10. The molecule has 0 radical (unpaired) electrons.